The van der Waals surface area contributed by atoms with Gasteiger partial charge in [0.2, 0.25) is 5.79 Å². The van der Waals surface area contributed by atoms with Crippen LogP contribution in [0, 0.1) is 11.8 Å². The number of carbonyl (C=O) groups is 2. The Morgan fingerprint density at radius 2 is 2.08 bits per heavy atom. The maximum absolute atomic E-state index is 12.2. The van der Waals surface area contributed by atoms with E-state index in [2.05, 4.69) is 6.58 Å². The summed E-state index contributed by atoms with van der Waals surface area (Å²) in [6, 6.07) is 0. The highest BCUT2D eigenvalue weighted by atomic mass is 16.7. The van der Waals surface area contributed by atoms with Crippen molar-refractivity contribution < 1.29 is 34.0 Å². The topological polar surface area (TPSA) is 102 Å². The Bertz CT molecular complexity index is 681. The molecule has 0 aromatic rings. The van der Waals surface area contributed by atoms with Crippen LogP contribution in [0.5, 0.6) is 0 Å². The molecular formula is C19H26O7. The molecule has 26 heavy (non-hydrogen) atoms. The van der Waals surface area contributed by atoms with Crippen molar-refractivity contribution in [3.63, 3.8) is 0 Å². The van der Waals surface area contributed by atoms with E-state index in [1.165, 1.54) is 0 Å². The second-order valence-corrected chi connectivity index (χ2v) is 8.07. The fraction of sp³-hybridized carbons (Fsp3) is 0.684. The molecule has 0 saturated carbocycles. The van der Waals surface area contributed by atoms with Crippen LogP contribution < -0.4 is 0 Å². The molecule has 7 nitrogen and oxygen atoms in total. The minimum Gasteiger partial charge on any atom is -0.461 e. The van der Waals surface area contributed by atoms with Gasteiger partial charge in [0.05, 0.1) is 17.4 Å². The first-order valence-electron chi connectivity index (χ1n) is 8.86. The van der Waals surface area contributed by atoms with E-state index in [1.54, 1.807) is 33.8 Å². The van der Waals surface area contributed by atoms with Gasteiger partial charge in [-0.3, -0.25) is 4.79 Å². The van der Waals surface area contributed by atoms with Crippen LogP contribution in [0.2, 0.25) is 0 Å². The van der Waals surface area contributed by atoms with Crippen molar-refractivity contribution in [1.29, 1.82) is 0 Å². The molecule has 3 aliphatic heterocycles. The maximum Gasteiger partial charge on any atom is 0.334 e. The Morgan fingerprint density at radius 1 is 1.42 bits per heavy atom. The van der Waals surface area contributed by atoms with Gasteiger partial charge in [-0.05, 0) is 25.5 Å². The molecule has 2 fully saturated rings. The Kier molecular flexibility index (Phi) is 4.53. The van der Waals surface area contributed by atoms with E-state index in [0.29, 0.717) is 5.57 Å². The molecule has 0 aromatic heterocycles. The molecule has 2 bridgehead atoms. The molecular weight excluding hydrogens is 340 g/mol. The summed E-state index contributed by atoms with van der Waals surface area (Å²) in [7, 11) is 0. The molecule has 3 heterocycles. The number of fused-ring (bicyclic) bond motifs is 3. The predicted octanol–water partition coefficient (Wildman–Crippen LogP) is 1.23. The molecule has 0 aromatic carbocycles. The lowest BCUT2D eigenvalue weighted by atomic mass is 9.81. The van der Waals surface area contributed by atoms with Crippen molar-refractivity contribution in [3.05, 3.63) is 23.8 Å². The summed E-state index contributed by atoms with van der Waals surface area (Å²) in [5, 5.41) is 21.2. The minimum absolute atomic E-state index is 0.170. The summed E-state index contributed by atoms with van der Waals surface area (Å²) in [6.45, 7) is 10.6. The van der Waals surface area contributed by atoms with Gasteiger partial charge in [0.25, 0.3) is 0 Å². The average Bonchev–Trinajstić information content (AvgIpc) is 2.92. The molecule has 6 unspecified atom stereocenters. The highest BCUT2D eigenvalue weighted by Gasteiger charge is 2.58. The van der Waals surface area contributed by atoms with Crippen LogP contribution >= 0.6 is 0 Å². The van der Waals surface area contributed by atoms with Crippen molar-refractivity contribution in [3.8, 4) is 0 Å². The van der Waals surface area contributed by atoms with E-state index in [1.807, 2.05) is 0 Å². The number of rotatable bonds is 2. The van der Waals surface area contributed by atoms with Crippen molar-refractivity contribution >= 4 is 11.9 Å². The van der Waals surface area contributed by atoms with Crippen LogP contribution in [0.4, 0.5) is 0 Å². The molecule has 144 valence electrons. The molecule has 0 radical (unpaired) electrons. The van der Waals surface area contributed by atoms with Crippen LogP contribution in [-0.2, 0) is 23.8 Å². The van der Waals surface area contributed by atoms with Gasteiger partial charge in [-0.1, -0.05) is 20.4 Å². The van der Waals surface area contributed by atoms with E-state index in [-0.39, 0.29) is 24.3 Å². The fourth-order valence-corrected chi connectivity index (χ4v) is 4.00. The quantitative estimate of drug-likeness (QED) is 0.430. The molecule has 0 aliphatic carbocycles. The largest absolute Gasteiger partial charge is 0.461 e. The number of esters is 2. The molecule has 3 rings (SSSR count). The highest BCUT2D eigenvalue weighted by Crippen LogP contribution is 2.47. The standard InChI is InChI=1S/C19H26O7/c1-9(2)16(21)25-13-7-18(5)8-14(20)19(23,26-18)10(3)6-12-15(13)11(4)17(22)24-12/h6,9,12-15,20,23H,4,7-8H2,1-3,5H3/b10-6+. The highest BCUT2D eigenvalue weighted by molar-refractivity contribution is 5.91. The molecule has 3 aliphatic rings. The predicted molar refractivity (Wildman–Crippen MR) is 90.7 cm³/mol. The number of aliphatic hydroxyl groups is 2. The van der Waals surface area contributed by atoms with Crippen LogP contribution in [0.15, 0.2) is 23.8 Å². The summed E-state index contributed by atoms with van der Waals surface area (Å²) in [4.78, 5) is 24.3. The van der Waals surface area contributed by atoms with Crippen molar-refractivity contribution in [1.82, 2.24) is 0 Å². The zero-order valence-electron chi connectivity index (χ0n) is 15.5. The van der Waals surface area contributed by atoms with Gasteiger partial charge in [0, 0.05) is 18.4 Å². The van der Waals surface area contributed by atoms with Crippen LogP contribution in [0.25, 0.3) is 0 Å². The maximum atomic E-state index is 12.2. The summed E-state index contributed by atoms with van der Waals surface area (Å²) in [5.41, 5.74) is -0.358. The van der Waals surface area contributed by atoms with Gasteiger partial charge in [0.15, 0.2) is 0 Å². The molecule has 6 atom stereocenters. The van der Waals surface area contributed by atoms with E-state index in [4.69, 9.17) is 14.2 Å². The third-order valence-electron chi connectivity index (χ3n) is 5.49. The van der Waals surface area contributed by atoms with Gasteiger partial charge in [-0.2, -0.15) is 0 Å². The molecule has 2 N–H and O–H groups in total. The lowest BCUT2D eigenvalue weighted by molar-refractivity contribution is -0.226. The first kappa shape index (κ1) is 19.1. The summed E-state index contributed by atoms with van der Waals surface area (Å²) in [5.74, 6) is -3.74. The second kappa shape index (κ2) is 6.18. The smallest absolute Gasteiger partial charge is 0.334 e. The summed E-state index contributed by atoms with van der Waals surface area (Å²) < 4.78 is 16.9. The first-order valence-corrected chi connectivity index (χ1v) is 8.86. The lowest BCUT2D eigenvalue weighted by Gasteiger charge is -2.33. The molecule has 0 spiro atoms. The van der Waals surface area contributed by atoms with Gasteiger partial charge in [0.1, 0.15) is 18.3 Å². The average molecular weight is 366 g/mol. The van der Waals surface area contributed by atoms with Crippen molar-refractivity contribution in [2.75, 3.05) is 0 Å². The third kappa shape index (κ3) is 2.98. The van der Waals surface area contributed by atoms with Gasteiger partial charge in [-0.15, -0.1) is 0 Å². The Labute approximate surface area is 152 Å². The van der Waals surface area contributed by atoms with Gasteiger partial charge < -0.3 is 24.4 Å². The van der Waals surface area contributed by atoms with Gasteiger partial charge in [-0.25, -0.2) is 4.79 Å². The van der Waals surface area contributed by atoms with Crippen molar-refractivity contribution in [2.24, 2.45) is 11.8 Å². The first-order chi connectivity index (χ1) is 12.0. The van der Waals surface area contributed by atoms with E-state index < -0.39 is 47.6 Å². The normalized spacial score (nSPS) is 44.5. The Hall–Kier alpha value is -1.70. The van der Waals surface area contributed by atoms with E-state index >= 15 is 0 Å². The SMILES string of the molecule is C=C1C(=O)OC2/C=C(\C)C3(O)OC(C)(CC(OC(=O)C(C)C)C12)CC3O. The number of ether oxygens (including phenoxy) is 3. The second-order valence-electron chi connectivity index (χ2n) is 8.07. The zero-order valence-corrected chi connectivity index (χ0v) is 15.5. The van der Waals surface area contributed by atoms with E-state index in [0.717, 1.165) is 0 Å². The number of hydrogen-bond donors (Lipinski definition) is 2. The number of carbonyl (C=O) groups excluding carboxylic acids is 2. The van der Waals surface area contributed by atoms with Crippen LogP contribution in [0.1, 0.15) is 40.5 Å². The van der Waals surface area contributed by atoms with Crippen LogP contribution in [0.3, 0.4) is 0 Å². The van der Waals surface area contributed by atoms with Crippen LogP contribution in [-0.4, -0.2) is 51.9 Å². The lowest BCUT2D eigenvalue weighted by Crippen LogP contribution is -2.41. The van der Waals surface area contributed by atoms with E-state index in [9.17, 15) is 19.8 Å². The van der Waals surface area contributed by atoms with Gasteiger partial charge >= 0.3 is 11.9 Å². The monoisotopic (exact) mass is 366 g/mol. The summed E-state index contributed by atoms with van der Waals surface area (Å²) >= 11 is 0. The third-order valence-corrected chi connectivity index (χ3v) is 5.49. The molecule has 2 saturated heterocycles. The minimum atomic E-state index is -1.87. The fourth-order valence-electron chi connectivity index (χ4n) is 4.00. The number of aliphatic hydroxyl groups excluding tert-OH is 1. The zero-order chi connectivity index (χ0) is 19.4. The van der Waals surface area contributed by atoms with Crippen molar-refractivity contribution in [2.45, 2.75) is 70.2 Å². The molecule has 0 amide bonds. The Morgan fingerprint density at radius 3 is 2.69 bits per heavy atom. The Balaban J connectivity index is 2.06. The molecule has 7 heteroatoms. The number of hydrogen-bond acceptors (Lipinski definition) is 7. The summed E-state index contributed by atoms with van der Waals surface area (Å²) in [6.07, 6.45) is -0.691.